The van der Waals surface area contributed by atoms with Crippen LogP contribution in [0.25, 0.3) is 0 Å². The molecule has 6 nitrogen and oxygen atoms in total. The van der Waals surface area contributed by atoms with Crippen molar-refractivity contribution < 1.29 is 9.90 Å². The SMILES string of the molecule is CC(C)(C)c1cc(C(=O)Cn2cc(C#N)n(Cc3ccccc3)c2=N)cc(C(C)(C)C)c1O. The molecule has 2 N–H and O–H groups in total. The standard InChI is InChI=1S/C27H32N4O2/c1-26(2,3)21-12-19(13-22(24(21)33)27(4,5)6)23(32)17-30-16-20(14-28)31(25(30)29)15-18-10-8-7-9-11-18/h7-13,16,29,33H,15,17H2,1-6H3. The third-order valence-corrected chi connectivity index (χ3v) is 5.76. The van der Waals surface area contributed by atoms with E-state index in [-0.39, 0.29) is 34.5 Å². The summed E-state index contributed by atoms with van der Waals surface area (Å²) in [5, 5.41) is 29.1. The number of rotatable bonds is 5. The Morgan fingerprint density at radius 2 is 1.58 bits per heavy atom. The lowest BCUT2D eigenvalue weighted by molar-refractivity contribution is 0.0970. The molecule has 0 saturated carbocycles. The topological polar surface area (TPSA) is 94.8 Å². The Labute approximate surface area is 195 Å². The van der Waals surface area contributed by atoms with Crippen molar-refractivity contribution in [2.75, 3.05) is 0 Å². The fourth-order valence-electron chi connectivity index (χ4n) is 3.87. The van der Waals surface area contributed by atoms with Gasteiger partial charge >= 0.3 is 0 Å². The molecule has 0 spiro atoms. The number of benzene rings is 2. The van der Waals surface area contributed by atoms with E-state index in [1.807, 2.05) is 71.9 Å². The Balaban J connectivity index is 2.01. The van der Waals surface area contributed by atoms with Crippen molar-refractivity contribution in [2.45, 2.75) is 65.5 Å². The molecule has 1 aromatic heterocycles. The highest BCUT2D eigenvalue weighted by Crippen LogP contribution is 2.39. The first-order chi connectivity index (χ1) is 15.3. The average Bonchev–Trinajstić information content (AvgIpc) is 3.02. The van der Waals surface area contributed by atoms with Crippen molar-refractivity contribution in [3.63, 3.8) is 0 Å². The van der Waals surface area contributed by atoms with Crippen LogP contribution in [0.4, 0.5) is 0 Å². The number of carbonyl (C=O) groups excluding carboxylic acids is 1. The summed E-state index contributed by atoms with van der Waals surface area (Å²) in [7, 11) is 0. The second-order valence-corrected chi connectivity index (χ2v) is 10.5. The van der Waals surface area contributed by atoms with Crippen LogP contribution in [0.2, 0.25) is 0 Å². The predicted octanol–water partition coefficient (Wildman–Crippen LogP) is 4.87. The highest BCUT2D eigenvalue weighted by atomic mass is 16.3. The average molecular weight is 445 g/mol. The van der Waals surface area contributed by atoms with Gasteiger partial charge in [0.25, 0.3) is 0 Å². The molecule has 3 aromatic rings. The van der Waals surface area contributed by atoms with Crippen LogP contribution in [0.15, 0.2) is 48.7 Å². The van der Waals surface area contributed by atoms with Gasteiger partial charge in [-0.2, -0.15) is 5.26 Å². The first-order valence-electron chi connectivity index (χ1n) is 11.0. The zero-order chi connectivity index (χ0) is 24.6. The Bertz CT molecular complexity index is 1240. The largest absolute Gasteiger partial charge is 0.507 e. The van der Waals surface area contributed by atoms with E-state index in [4.69, 9.17) is 5.41 Å². The van der Waals surface area contributed by atoms with Gasteiger partial charge in [0.2, 0.25) is 5.62 Å². The number of phenolic OH excluding ortho intramolecular Hbond substituents is 1. The smallest absolute Gasteiger partial charge is 0.203 e. The molecule has 2 aromatic carbocycles. The minimum Gasteiger partial charge on any atom is -0.507 e. The molecule has 0 radical (unpaired) electrons. The number of nitrogens with zero attached hydrogens (tertiary/aromatic N) is 3. The van der Waals surface area contributed by atoms with Gasteiger partial charge in [0.1, 0.15) is 17.5 Å². The summed E-state index contributed by atoms with van der Waals surface area (Å²) in [6.07, 6.45) is 1.55. The molecule has 0 unspecified atom stereocenters. The van der Waals surface area contributed by atoms with Crippen LogP contribution in [-0.2, 0) is 23.9 Å². The van der Waals surface area contributed by atoms with Gasteiger partial charge in [-0.25, -0.2) is 0 Å². The minimum absolute atomic E-state index is 0.0623. The van der Waals surface area contributed by atoms with E-state index in [0.717, 1.165) is 5.56 Å². The molecule has 172 valence electrons. The van der Waals surface area contributed by atoms with Gasteiger partial charge < -0.3 is 9.67 Å². The molecule has 0 amide bonds. The van der Waals surface area contributed by atoms with E-state index >= 15 is 0 Å². The number of hydrogen-bond acceptors (Lipinski definition) is 4. The van der Waals surface area contributed by atoms with E-state index in [1.165, 1.54) is 4.57 Å². The highest BCUT2D eigenvalue weighted by molar-refractivity contribution is 5.96. The van der Waals surface area contributed by atoms with Gasteiger partial charge in [0.05, 0.1) is 13.1 Å². The monoisotopic (exact) mass is 444 g/mol. The van der Waals surface area contributed by atoms with E-state index in [1.54, 1.807) is 22.9 Å². The quantitative estimate of drug-likeness (QED) is 0.550. The molecule has 0 aliphatic carbocycles. The normalized spacial score (nSPS) is 11.9. The van der Waals surface area contributed by atoms with E-state index in [0.29, 0.717) is 28.9 Å². The second kappa shape index (κ2) is 8.74. The predicted molar refractivity (Wildman–Crippen MR) is 128 cm³/mol. The molecule has 0 aliphatic rings. The molecular formula is C27H32N4O2. The van der Waals surface area contributed by atoms with Crippen LogP contribution in [0, 0.1) is 16.7 Å². The summed E-state index contributed by atoms with van der Waals surface area (Å²) >= 11 is 0. The van der Waals surface area contributed by atoms with Crippen LogP contribution in [0.1, 0.15) is 74.3 Å². The van der Waals surface area contributed by atoms with Crippen LogP contribution < -0.4 is 5.62 Å². The Kier molecular flexibility index (Phi) is 6.37. The number of ketones is 1. The summed E-state index contributed by atoms with van der Waals surface area (Å²) in [5.74, 6) is 0.0482. The molecule has 3 rings (SSSR count). The van der Waals surface area contributed by atoms with E-state index < -0.39 is 0 Å². The molecule has 0 saturated heterocycles. The summed E-state index contributed by atoms with van der Waals surface area (Å²) in [5.41, 5.74) is 2.62. The highest BCUT2D eigenvalue weighted by Gasteiger charge is 2.28. The number of Topliss-reactive ketones (excluding diaryl/α,β-unsaturated/α-hetero) is 1. The maximum absolute atomic E-state index is 13.3. The Morgan fingerprint density at radius 3 is 2.06 bits per heavy atom. The first-order valence-corrected chi connectivity index (χ1v) is 11.0. The van der Waals surface area contributed by atoms with Crippen molar-refractivity contribution in [2.24, 2.45) is 0 Å². The molecule has 1 heterocycles. The van der Waals surface area contributed by atoms with Crippen molar-refractivity contribution in [1.82, 2.24) is 9.13 Å². The third kappa shape index (κ3) is 5.09. The lowest BCUT2D eigenvalue weighted by atomic mass is 9.78. The molecule has 0 bridgehead atoms. The number of carbonyl (C=O) groups is 1. The van der Waals surface area contributed by atoms with Gasteiger partial charge in [0.15, 0.2) is 5.78 Å². The summed E-state index contributed by atoms with van der Waals surface area (Å²) in [6.45, 7) is 12.3. The van der Waals surface area contributed by atoms with Gasteiger partial charge in [-0.1, -0.05) is 71.9 Å². The zero-order valence-corrected chi connectivity index (χ0v) is 20.2. The fourth-order valence-corrected chi connectivity index (χ4v) is 3.87. The van der Waals surface area contributed by atoms with Gasteiger partial charge in [-0.3, -0.25) is 14.8 Å². The number of phenols is 1. The molecule has 6 heteroatoms. The number of imidazole rings is 1. The number of nitriles is 1. The number of aromatic hydroxyl groups is 1. The minimum atomic E-state index is -0.346. The lowest BCUT2D eigenvalue weighted by Gasteiger charge is -2.28. The van der Waals surface area contributed by atoms with Crippen molar-refractivity contribution in [3.05, 3.63) is 82.2 Å². The van der Waals surface area contributed by atoms with E-state index in [9.17, 15) is 15.2 Å². The Hall–Kier alpha value is -3.59. The lowest BCUT2D eigenvalue weighted by Crippen LogP contribution is -2.28. The van der Waals surface area contributed by atoms with Gasteiger partial charge in [-0.05, 0) is 28.5 Å². The molecule has 0 fully saturated rings. The zero-order valence-electron chi connectivity index (χ0n) is 20.2. The van der Waals surface area contributed by atoms with Crippen LogP contribution in [-0.4, -0.2) is 20.0 Å². The van der Waals surface area contributed by atoms with Crippen molar-refractivity contribution >= 4 is 5.78 Å². The first kappa shape index (κ1) is 24.1. The second-order valence-electron chi connectivity index (χ2n) is 10.5. The maximum atomic E-state index is 13.3. The van der Waals surface area contributed by atoms with Crippen molar-refractivity contribution in [3.8, 4) is 11.8 Å². The van der Waals surface area contributed by atoms with Gasteiger partial charge in [-0.15, -0.1) is 0 Å². The molecular weight excluding hydrogens is 412 g/mol. The summed E-state index contributed by atoms with van der Waals surface area (Å²) < 4.78 is 3.10. The Morgan fingerprint density at radius 1 is 1.03 bits per heavy atom. The van der Waals surface area contributed by atoms with Gasteiger partial charge in [0, 0.05) is 22.9 Å². The van der Waals surface area contributed by atoms with Crippen molar-refractivity contribution in [1.29, 1.82) is 10.7 Å². The van der Waals surface area contributed by atoms with Crippen LogP contribution in [0.3, 0.4) is 0 Å². The summed E-state index contributed by atoms with van der Waals surface area (Å²) in [4.78, 5) is 13.3. The molecule has 33 heavy (non-hydrogen) atoms. The third-order valence-electron chi connectivity index (χ3n) is 5.76. The van der Waals surface area contributed by atoms with Crippen LogP contribution in [0.5, 0.6) is 5.75 Å². The number of nitrogens with one attached hydrogen (secondary N) is 1. The number of hydrogen-bond donors (Lipinski definition) is 2. The molecule has 0 aliphatic heterocycles. The number of aromatic nitrogens is 2. The van der Waals surface area contributed by atoms with E-state index in [2.05, 4.69) is 6.07 Å². The fraction of sp³-hybridized carbons (Fsp3) is 0.370. The maximum Gasteiger partial charge on any atom is 0.203 e. The van der Waals surface area contributed by atoms with Crippen LogP contribution >= 0.6 is 0 Å². The molecule has 0 atom stereocenters. The summed E-state index contributed by atoms with van der Waals surface area (Å²) in [6, 6.07) is 15.3.